The van der Waals surface area contributed by atoms with Gasteiger partial charge in [-0.25, -0.2) is 4.79 Å². The van der Waals surface area contributed by atoms with Crippen molar-refractivity contribution in [3.63, 3.8) is 0 Å². The predicted octanol–water partition coefficient (Wildman–Crippen LogP) is 2.38. The molecule has 1 aliphatic heterocycles. The molecule has 1 aromatic carbocycles. The highest BCUT2D eigenvalue weighted by molar-refractivity contribution is 5.95. The molecule has 0 unspecified atom stereocenters. The molecule has 2 N–H and O–H groups in total. The van der Waals surface area contributed by atoms with Crippen molar-refractivity contribution in [2.45, 2.75) is 32.7 Å². The standard InChI is InChI=1S/C19H28N4O2/c1-14(2)13-20-18(24)15-3-5-16(6-4-15)21-19(25)23-11-9-22(10-12-23)17-7-8-17/h3-6,14,17H,7-13H2,1-2H3,(H,20,24)(H,21,25). The van der Waals surface area contributed by atoms with Gasteiger partial charge in [-0.05, 0) is 43.0 Å². The maximum atomic E-state index is 12.4. The van der Waals surface area contributed by atoms with Crippen molar-refractivity contribution in [3.05, 3.63) is 29.8 Å². The summed E-state index contributed by atoms with van der Waals surface area (Å²) in [7, 11) is 0. The van der Waals surface area contributed by atoms with Crippen molar-refractivity contribution in [1.82, 2.24) is 15.1 Å². The van der Waals surface area contributed by atoms with Crippen molar-refractivity contribution < 1.29 is 9.59 Å². The van der Waals surface area contributed by atoms with Gasteiger partial charge in [-0.3, -0.25) is 9.69 Å². The molecule has 0 spiro atoms. The van der Waals surface area contributed by atoms with E-state index in [1.54, 1.807) is 24.3 Å². The number of hydrogen-bond donors (Lipinski definition) is 2. The van der Waals surface area contributed by atoms with Gasteiger partial charge in [-0.15, -0.1) is 0 Å². The van der Waals surface area contributed by atoms with Crippen LogP contribution in [0.25, 0.3) is 0 Å². The molecule has 0 aromatic heterocycles. The molecule has 6 heteroatoms. The number of nitrogens with zero attached hydrogens (tertiary/aromatic N) is 2. The third kappa shape index (κ3) is 4.95. The average molecular weight is 344 g/mol. The molecule has 1 saturated carbocycles. The van der Waals surface area contributed by atoms with E-state index in [2.05, 4.69) is 29.4 Å². The van der Waals surface area contributed by atoms with E-state index in [1.807, 2.05) is 4.90 Å². The quantitative estimate of drug-likeness (QED) is 0.862. The molecule has 0 atom stereocenters. The van der Waals surface area contributed by atoms with Gasteiger partial charge in [0.15, 0.2) is 0 Å². The minimum atomic E-state index is -0.0808. The number of benzene rings is 1. The fourth-order valence-corrected chi connectivity index (χ4v) is 3.04. The molecule has 1 heterocycles. The van der Waals surface area contributed by atoms with Gasteiger partial charge in [-0.2, -0.15) is 0 Å². The summed E-state index contributed by atoms with van der Waals surface area (Å²) in [5.41, 5.74) is 1.33. The Bertz CT molecular complexity index is 602. The molecule has 6 nitrogen and oxygen atoms in total. The van der Waals surface area contributed by atoms with Gasteiger partial charge in [0.1, 0.15) is 0 Å². The van der Waals surface area contributed by atoms with Crippen LogP contribution in [0.3, 0.4) is 0 Å². The third-order valence-corrected chi connectivity index (χ3v) is 4.73. The van der Waals surface area contributed by atoms with Crippen LogP contribution in [0.4, 0.5) is 10.5 Å². The van der Waals surface area contributed by atoms with Crippen molar-refractivity contribution in [2.75, 3.05) is 38.0 Å². The van der Waals surface area contributed by atoms with E-state index in [1.165, 1.54) is 12.8 Å². The zero-order valence-corrected chi connectivity index (χ0v) is 15.1. The number of urea groups is 1. The van der Waals surface area contributed by atoms with Crippen LogP contribution >= 0.6 is 0 Å². The highest BCUT2D eigenvalue weighted by atomic mass is 16.2. The molecule has 1 aliphatic carbocycles. The first-order chi connectivity index (χ1) is 12.0. The summed E-state index contributed by atoms with van der Waals surface area (Å²) in [5.74, 6) is 0.339. The summed E-state index contributed by atoms with van der Waals surface area (Å²) in [6.07, 6.45) is 2.62. The molecular formula is C19H28N4O2. The van der Waals surface area contributed by atoms with E-state index in [0.29, 0.717) is 18.0 Å². The van der Waals surface area contributed by atoms with Gasteiger partial charge in [0.25, 0.3) is 5.91 Å². The molecule has 0 radical (unpaired) electrons. The van der Waals surface area contributed by atoms with Gasteiger partial charge in [0.05, 0.1) is 0 Å². The van der Waals surface area contributed by atoms with Crippen molar-refractivity contribution >= 4 is 17.6 Å². The van der Waals surface area contributed by atoms with Crippen molar-refractivity contribution in [3.8, 4) is 0 Å². The Hall–Kier alpha value is -2.08. The molecule has 3 amide bonds. The molecule has 136 valence electrons. The Balaban J connectivity index is 1.47. The van der Waals surface area contributed by atoms with E-state index in [9.17, 15) is 9.59 Å². The normalized spacial score (nSPS) is 18.3. The molecule has 2 aliphatic rings. The summed E-state index contributed by atoms with van der Waals surface area (Å²) < 4.78 is 0. The molecule has 1 aromatic rings. The summed E-state index contributed by atoms with van der Waals surface area (Å²) in [5, 5.41) is 5.81. The van der Waals surface area contributed by atoms with Crippen LogP contribution in [-0.4, -0.2) is 60.5 Å². The van der Waals surface area contributed by atoms with Crippen molar-refractivity contribution in [2.24, 2.45) is 5.92 Å². The minimum absolute atomic E-state index is 0.0625. The lowest BCUT2D eigenvalue weighted by molar-refractivity contribution is 0.0949. The number of hydrogen-bond acceptors (Lipinski definition) is 3. The maximum absolute atomic E-state index is 12.4. The molecule has 25 heavy (non-hydrogen) atoms. The van der Waals surface area contributed by atoms with E-state index in [0.717, 1.165) is 37.9 Å². The maximum Gasteiger partial charge on any atom is 0.321 e. The lowest BCUT2D eigenvalue weighted by Gasteiger charge is -2.34. The van der Waals surface area contributed by atoms with Gasteiger partial charge < -0.3 is 15.5 Å². The molecule has 2 fully saturated rings. The highest BCUT2D eigenvalue weighted by Crippen LogP contribution is 2.27. The Morgan fingerprint density at radius 3 is 2.28 bits per heavy atom. The first-order valence-electron chi connectivity index (χ1n) is 9.21. The number of anilines is 1. The fourth-order valence-electron chi connectivity index (χ4n) is 3.04. The van der Waals surface area contributed by atoms with Crippen LogP contribution in [0.1, 0.15) is 37.0 Å². The zero-order chi connectivity index (χ0) is 17.8. The Labute approximate surface area is 149 Å². The van der Waals surface area contributed by atoms with Gasteiger partial charge in [0, 0.05) is 50.0 Å². The van der Waals surface area contributed by atoms with Crippen LogP contribution in [0.15, 0.2) is 24.3 Å². The molecule has 3 rings (SSSR count). The Kier molecular flexibility index (Phi) is 5.58. The fraction of sp³-hybridized carbons (Fsp3) is 0.579. The number of carbonyl (C=O) groups is 2. The monoisotopic (exact) mass is 344 g/mol. The van der Waals surface area contributed by atoms with Crippen LogP contribution in [0.2, 0.25) is 0 Å². The second kappa shape index (κ2) is 7.87. The van der Waals surface area contributed by atoms with Crippen molar-refractivity contribution in [1.29, 1.82) is 0 Å². The van der Waals surface area contributed by atoms with E-state index in [-0.39, 0.29) is 11.9 Å². The SMILES string of the molecule is CC(C)CNC(=O)c1ccc(NC(=O)N2CCN(C3CC3)CC2)cc1. The van der Waals surface area contributed by atoms with E-state index in [4.69, 9.17) is 0 Å². The first-order valence-corrected chi connectivity index (χ1v) is 9.21. The van der Waals surface area contributed by atoms with Gasteiger partial charge in [0.2, 0.25) is 0 Å². The second-order valence-electron chi connectivity index (χ2n) is 7.37. The van der Waals surface area contributed by atoms with E-state index < -0.39 is 0 Å². The average Bonchev–Trinajstić information content (AvgIpc) is 3.45. The lowest BCUT2D eigenvalue weighted by Crippen LogP contribution is -2.50. The molecule has 1 saturated heterocycles. The topological polar surface area (TPSA) is 64.7 Å². The van der Waals surface area contributed by atoms with Crippen LogP contribution in [0, 0.1) is 5.92 Å². The van der Waals surface area contributed by atoms with Gasteiger partial charge in [-0.1, -0.05) is 13.8 Å². The Morgan fingerprint density at radius 2 is 1.72 bits per heavy atom. The van der Waals surface area contributed by atoms with Gasteiger partial charge >= 0.3 is 6.03 Å². The first kappa shape index (κ1) is 17.7. The molecular weight excluding hydrogens is 316 g/mol. The number of piperazine rings is 1. The predicted molar refractivity (Wildman–Crippen MR) is 98.8 cm³/mol. The summed E-state index contributed by atoms with van der Waals surface area (Å²) in [6, 6.07) is 7.75. The van der Waals surface area contributed by atoms with Crippen LogP contribution in [-0.2, 0) is 0 Å². The summed E-state index contributed by atoms with van der Waals surface area (Å²) >= 11 is 0. The lowest BCUT2D eigenvalue weighted by atomic mass is 10.1. The number of nitrogens with one attached hydrogen (secondary N) is 2. The molecule has 0 bridgehead atoms. The highest BCUT2D eigenvalue weighted by Gasteiger charge is 2.32. The minimum Gasteiger partial charge on any atom is -0.352 e. The Morgan fingerprint density at radius 1 is 1.08 bits per heavy atom. The number of carbonyl (C=O) groups excluding carboxylic acids is 2. The number of rotatable bonds is 5. The van der Waals surface area contributed by atoms with E-state index >= 15 is 0 Å². The summed E-state index contributed by atoms with van der Waals surface area (Å²) in [4.78, 5) is 28.7. The smallest absolute Gasteiger partial charge is 0.321 e. The summed E-state index contributed by atoms with van der Waals surface area (Å²) in [6.45, 7) is 8.26. The van der Waals surface area contributed by atoms with Crippen LogP contribution in [0.5, 0.6) is 0 Å². The zero-order valence-electron chi connectivity index (χ0n) is 15.1. The van der Waals surface area contributed by atoms with Crippen LogP contribution < -0.4 is 10.6 Å². The number of amides is 3. The second-order valence-corrected chi connectivity index (χ2v) is 7.37. The third-order valence-electron chi connectivity index (χ3n) is 4.73. The largest absolute Gasteiger partial charge is 0.352 e.